The maximum atomic E-state index is 13.6. The topological polar surface area (TPSA) is 42.0 Å². The van der Waals surface area contributed by atoms with E-state index in [1.807, 2.05) is 36.4 Å². The van der Waals surface area contributed by atoms with E-state index in [-0.39, 0.29) is 5.91 Å². The normalized spacial score (nSPS) is 30.1. The van der Waals surface area contributed by atoms with Crippen LogP contribution in [0.4, 0.5) is 0 Å². The van der Waals surface area contributed by atoms with Gasteiger partial charge in [0.15, 0.2) is 0 Å². The van der Waals surface area contributed by atoms with E-state index in [0.717, 1.165) is 36.7 Å². The molecule has 0 N–H and O–H groups in total. The van der Waals surface area contributed by atoms with Crippen molar-refractivity contribution >= 4 is 5.91 Å². The van der Waals surface area contributed by atoms with Crippen molar-refractivity contribution in [2.45, 2.75) is 30.8 Å². The second-order valence-corrected chi connectivity index (χ2v) is 8.42. The smallest absolute Gasteiger partial charge is 0.254 e. The standard InChI is InChI=1S/C24H28N2O3/c1-28-19-8-6-16(7-9-19)21-15-26(22-17-10-12-25(13-11-17)23(21)22)24(27)18-4-3-5-20(14-18)29-2/h3-9,14,17,21-23H,10-13,15H2,1-2H3/t21-,22+,23+/m1/s1. The molecule has 1 amide bonds. The highest BCUT2D eigenvalue weighted by molar-refractivity contribution is 5.95. The first-order valence-electron chi connectivity index (χ1n) is 10.5. The molecule has 2 aromatic carbocycles. The van der Waals surface area contributed by atoms with Crippen LogP contribution >= 0.6 is 0 Å². The summed E-state index contributed by atoms with van der Waals surface area (Å²) in [5.74, 6) is 2.67. The molecule has 4 aliphatic heterocycles. The number of carbonyl (C=O) groups excluding carboxylic acids is 1. The van der Waals surface area contributed by atoms with Crippen LogP contribution in [-0.4, -0.2) is 61.6 Å². The van der Waals surface area contributed by atoms with Crippen LogP contribution < -0.4 is 9.47 Å². The summed E-state index contributed by atoms with van der Waals surface area (Å²) in [6.07, 6.45) is 2.39. The molecular weight excluding hydrogens is 364 g/mol. The molecule has 5 heteroatoms. The number of nitrogens with zero attached hydrogens (tertiary/aromatic N) is 2. The quantitative estimate of drug-likeness (QED) is 0.800. The molecule has 152 valence electrons. The number of hydrogen-bond acceptors (Lipinski definition) is 4. The van der Waals surface area contributed by atoms with Crippen LogP contribution in [0.5, 0.6) is 11.5 Å². The molecule has 4 saturated heterocycles. The zero-order valence-corrected chi connectivity index (χ0v) is 17.1. The molecule has 4 heterocycles. The number of methoxy groups -OCH3 is 2. The number of fused-ring (bicyclic) bond motifs is 2. The van der Waals surface area contributed by atoms with Crippen LogP contribution in [0.25, 0.3) is 0 Å². The van der Waals surface area contributed by atoms with Gasteiger partial charge in [-0.15, -0.1) is 0 Å². The SMILES string of the molecule is COc1ccc([C@H]2CN(C(=O)c3cccc(OC)c3)[C@H]3C4CCN(CC4)[C@@H]23)cc1. The van der Waals surface area contributed by atoms with E-state index >= 15 is 0 Å². The van der Waals surface area contributed by atoms with E-state index < -0.39 is 0 Å². The fourth-order valence-corrected chi connectivity index (χ4v) is 5.72. The zero-order valence-electron chi connectivity index (χ0n) is 17.1. The van der Waals surface area contributed by atoms with Crippen molar-refractivity contribution in [2.75, 3.05) is 33.9 Å². The monoisotopic (exact) mass is 392 g/mol. The minimum atomic E-state index is 0.128. The van der Waals surface area contributed by atoms with Crippen molar-refractivity contribution in [2.24, 2.45) is 5.92 Å². The largest absolute Gasteiger partial charge is 0.497 e. The Labute approximate surface area is 172 Å². The maximum Gasteiger partial charge on any atom is 0.254 e. The first-order valence-corrected chi connectivity index (χ1v) is 10.5. The predicted molar refractivity (Wildman–Crippen MR) is 112 cm³/mol. The molecule has 4 aliphatic rings. The minimum Gasteiger partial charge on any atom is -0.497 e. The maximum absolute atomic E-state index is 13.6. The van der Waals surface area contributed by atoms with Crippen LogP contribution in [0.2, 0.25) is 0 Å². The Hall–Kier alpha value is -2.53. The van der Waals surface area contributed by atoms with Crippen molar-refractivity contribution < 1.29 is 14.3 Å². The molecule has 0 saturated carbocycles. The van der Waals surface area contributed by atoms with E-state index in [1.165, 1.54) is 18.4 Å². The van der Waals surface area contributed by atoms with Gasteiger partial charge in [0, 0.05) is 24.1 Å². The average Bonchev–Trinajstić information content (AvgIpc) is 3.22. The highest BCUT2D eigenvalue weighted by atomic mass is 16.5. The van der Waals surface area contributed by atoms with Crippen LogP contribution in [-0.2, 0) is 0 Å². The number of rotatable bonds is 4. The first kappa shape index (κ1) is 18.5. The number of piperidine rings is 3. The van der Waals surface area contributed by atoms with E-state index in [4.69, 9.17) is 9.47 Å². The summed E-state index contributed by atoms with van der Waals surface area (Å²) in [4.78, 5) is 18.3. The van der Waals surface area contributed by atoms with Crippen molar-refractivity contribution in [3.63, 3.8) is 0 Å². The van der Waals surface area contributed by atoms with Gasteiger partial charge >= 0.3 is 0 Å². The van der Waals surface area contributed by atoms with Gasteiger partial charge in [0.1, 0.15) is 11.5 Å². The van der Waals surface area contributed by atoms with E-state index in [2.05, 4.69) is 21.9 Å². The Bertz CT molecular complexity index is 889. The lowest BCUT2D eigenvalue weighted by Crippen LogP contribution is -2.60. The van der Waals surface area contributed by atoms with Crippen LogP contribution in [0.15, 0.2) is 48.5 Å². The van der Waals surface area contributed by atoms with Gasteiger partial charge in [-0.1, -0.05) is 18.2 Å². The predicted octanol–water partition coefficient (Wildman–Crippen LogP) is 3.41. The van der Waals surface area contributed by atoms with Crippen molar-refractivity contribution in [1.82, 2.24) is 9.80 Å². The Balaban J connectivity index is 1.49. The number of carbonyl (C=O) groups is 1. The zero-order chi connectivity index (χ0) is 20.0. The third kappa shape index (κ3) is 3.08. The number of amides is 1. The lowest BCUT2D eigenvalue weighted by Gasteiger charge is -2.51. The van der Waals surface area contributed by atoms with E-state index in [0.29, 0.717) is 23.9 Å². The molecule has 0 radical (unpaired) electrons. The molecule has 3 atom stereocenters. The second-order valence-electron chi connectivity index (χ2n) is 8.42. The van der Waals surface area contributed by atoms with Gasteiger partial charge in [0.25, 0.3) is 5.91 Å². The van der Waals surface area contributed by atoms with Crippen molar-refractivity contribution in [1.29, 1.82) is 0 Å². The van der Waals surface area contributed by atoms with Crippen LogP contribution in [0.3, 0.4) is 0 Å². The summed E-state index contributed by atoms with van der Waals surface area (Å²) in [5, 5.41) is 0. The van der Waals surface area contributed by atoms with Crippen molar-refractivity contribution in [3.8, 4) is 11.5 Å². The van der Waals surface area contributed by atoms with Gasteiger partial charge in [-0.05, 0) is 67.7 Å². The molecule has 2 aromatic rings. The fraction of sp³-hybridized carbons (Fsp3) is 0.458. The van der Waals surface area contributed by atoms with Gasteiger partial charge in [-0.3, -0.25) is 9.69 Å². The summed E-state index contributed by atoms with van der Waals surface area (Å²) in [7, 11) is 3.34. The molecule has 4 fully saturated rings. The summed E-state index contributed by atoms with van der Waals surface area (Å²) in [6.45, 7) is 3.07. The summed E-state index contributed by atoms with van der Waals surface area (Å²) in [5.41, 5.74) is 2.02. The second kappa shape index (κ2) is 7.38. The Morgan fingerprint density at radius 2 is 1.66 bits per heavy atom. The van der Waals surface area contributed by atoms with Gasteiger partial charge in [-0.2, -0.15) is 0 Å². The molecular formula is C24H28N2O3. The van der Waals surface area contributed by atoms with Crippen LogP contribution in [0.1, 0.15) is 34.7 Å². The molecule has 5 nitrogen and oxygen atoms in total. The lowest BCUT2D eigenvalue weighted by atomic mass is 9.75. The molecule has 0 aliphatic carbocycles. The van der Waals surface area contributed by atoms with Gasteiger partial charge in [0.05, 0.1) is 20.3 Å². The summed E-state index contributed by atoms with van der Waals surface area (Å²) < 4.78 is 10.7. The summed E-state index contributed by atoms with van der Waals surface area (Å²) >= 11 is 0. The average molecular weight is 392 g/mol. The molecule has 0 aromatic heterocycles. The molecule has 0 spiro atoms. The molecule has 0 unspecified atom stereocenters. The fourth-order valence-electron chi connectivity index (χ4n) is 5.72. The third-order valence-corrected chi connectivity index (χ3v) is 7.12. The van der Waals surface area contributed by atoms with E-state index in [9.17, 15) is 4.79 Å². The van der Waals surface area contributed by atoms with Gasteiger partial charge in [-0.25, -0.2) is 0 Å². The minimum absolute atomic E-state index is 0.128. The van der Waals surface area contributed by atoms with E-state index in [1.54, 1.807) is 14.2 Å². The summed E-state index contributed by atoms with van der Waals surface area (Å²) in [6, 6.07) is 16.7. The highest BCUT2D eigenvalue weighted by Gasteiger charge is 2.54. The van der Waals surface area contributed by atoms with Crippen molar-refractivity contribution in [3.05, 3.63) is 59.7 Å². The molecule has 2 bridgehead atoms. The van der Waals surface area contributed by atoms with Gasteiger partial charge in [0.2, 0.25) is 0 Å². The Morgan fingerprint density at radius 1 is 0.931 bits per heavy atom. The first-order chi connectivity index (χ1) is 14.2. The number of ether oxygens (including phenoxy) is 2. The Kier molecular flexibility index (Phi) is 4.70. The third-order valence-electron chi connectivity index (χ3n) is 7.12. The number of likely N-dealkylation sites (tertiary alicyclic amines) is 1. The number of benzene rings is 2. The lowest BCUT2D eigenvalue weighted by molar-refractivity contribution is -0.00341. The molecule has 29 heavy (non-hydrogen) atoms. The number of hydrogen-bond donors (Lipinski definition) is 0. The Morgan fingerprint density at radius 3 is 2.34 bits per heavy atom. The highest BCUT2D eigenvalue weighted by Crippen LogP contribution is 2.47. The molecule has 6 rings (SSSR count). The van der Waals surface area contributed by atoms with Crippen LogP contribution in [0, 0.1) is 5.92 Å². The van der Waals surface area contributed by atoms with Gasteiger partial charge < -0.3 is 14.4 Å².